The second-order valence-corrected chi connectivity index (χ2v) is 7.02. The molecule has 0 aliphatic carbocycles. The summed E-state index contributed by atoms with van der Waals surface area (Å²) in [6, 6.07) is 9.76. The van der Waals surface area contributed by atoms with Gasteiger partial charge in [0, 0.05) is 0 Å². The SMILES string of the molecule is C=CC1CCOC(=O)C1c1ccccc1.C=[CH][Mg][Br]. The van der Waals surface area contributed by atoms with Crippen LogP contribution in [0.3, 0.4) is 0 Å². The zero-order valence-corrected chi connectivity index (χ0v) is 13.9. The summed E-state index contributed by atoms with van der Waals surface area (Å²) in [6.45, 7) is 7.79. The summed E-state index contributed by atoms with van der Waals surface area (Å²) in [5.41, 5.74) is 1.02. The van der Waals surface area contributed by atoms with Gasteiger partial charge in [0.15, 0.2) is 0 Å². The molecule has 0 amide bonds. The Hall–Kier alpha value is -0.584. The lowest BCUT2D eigenvalue weighted by Crippen LogP contribution is -2.29. The van der Waals surface area contributed by atoms with E-state index in [0.29, 0.717) is 6.61 Å². The molecular formula is C15H17BrMgO2. The monoisotopic (exact) mass is 332 g/mol. The fourth-order valence-electron chi connectivity index (χ4n) is 2.02. The number of cyclic esters (lactones) is 1. The molecule has 1 aliphatic rings. The van der Waals surface area contributed by atoms with Crippen LogP contribution in [0, 0.1) is 5.92 Å². The van der Waals surface area contributed by atoms with Crippen LogP contribution < -0.4 is 0 Å². The minimum Gasteiger partial charge on any atom is -0.465 e. The lowest BCUT2D eigenvalue weighted by molar-refractivity contribution is -0.150. The Bertz CT molecular complexity index is 419. The molecule has 1 saturated heterocycles. The Morgan fingerprint density at radius 3 is 2.47 bits per heavy atom. The van der Waals surface area contributed by atoms with Crippen molar-refractivity contribution in [2.75, 3.05) is 6.61 Å². The lowest BCUT2D eigenvalue weighted by atomic mass is 9.83. The van der Waals surface area contributed by atoms with E-state index in [9.17, 15) is 4.79 Å². The van der Waals surface area contributed by atoms with E-state index in [0.717, 1.165) is 12.0 Å². The van der Waals surface area contributed by atoms with Crippen molar-refractivity contribution < 1.29 is 9.53 Å². The predicted octanol–water partition coefficient (Wildman–Crippen LogP) is 3.66. The van der Waals surface area contributed by atoms with E-state index in [1.165, 1.54) is 0 Å². The summed E-state index contributed by atoms with van der Waals surface area (Å²) in [5.74, 6) is -0.0940. The first-order chi connectivity index (χ1) is 9.24. The van der Waals surface area contributed by atoms with Crippen LogP contribution in [-0.2, 0) is 9.53 Å². The molecule has 0 bridgehead atoms. The zero-order valence-electron chi connectivity index (χ0n) is 10.9. The van der Waals surface area contributed by atoms with Gasteiger partial charge in [-0.15, -0.1) is 13.2 Å². The first-order valence-electron chi connectivity index (χ1n) is 6.25. The van der Waals surface area contributed by atoms with E-state index < -0.39 is 0 Å². The highest BCUT2D eigenvalue weighted by molar-refractivity contribution is 9.23. The van der Waals surface area contributed by atoms with E-state index in [1.807, 2.05) is 40.6 Å². The van der Waals surface area contributed by atoms with Crippen molar-refractivity contribution in [3.05, 3.63) is 59.3 Å². The van der Waals surface area contributed by atoms with Crippen molar-refractivity contribution in [1.82, 2.24) is 0 Å². The zero-order chi connectivity index (χ0) is 14.1. The highest BCUT2D eigenvalue weighted by Gasteiger charge is 2.32. The van der Waals surface area contributed by atoms with Gasteiger partial charge in [0.2, 0.25) is 0 Å². The van der Waals surface area contributed by atoms with Crippen LogP contribution >= 0.6 is 12.9 Å². The van der Waals surface area contributed by atoms with Crippen molar-refractivity contribution >= 4 is 37.0 Å². The van der Waals surface area contributed by atoms with E-state index in [1.54, 1.807) is 0 Å². The highest BCUT2D eigenvalue weighted by atomic mass is 79.9. The molecule has 0 aromatic heterocycles. The minimum absolute atomic E-state index is 0.000772. The molecule has 2 unspecified atom stereocenters. The van der Waals surface area contributed by atoms with E-state index >= 15 is 0 Å². The molecule has 1 aromatic rings. The number of allylic oxidation sites excluding steroid dienone is 1. The summed E-state index contributed by atoms with van der Waals surface area (Å²) in [7, 11) is 0. The van der Waals surface area contributed by atoms with Gasteiger partial charge in [0.25, 0.3) is 0 Å². The fraction of sp³-hybridized carbons (Fsp3) is 0.267. The van der Waals surface area contributed by atoms with Crippen molar-refractivity contribution in [2.24, 2.45) is 5.92 Å². The van der Waals surface area contributed by atoms with E-state index in [4.69, 9.17) is 4.74 Å². The fourth-order valence-corrected chi connectivity index (χ4v) is 2.02. The number of halogens is 1. The van der Waals surface area contributed by atoms with Gasteiger partial charge in [-0.2, -0.15) is 4.21 Å². The number of hydrogen-bond acceptors (Lipinski definition) is 2. The average molecular weight is 334 g/mol. The van der Waals surface area contributed by atoms with Crippen LogP contribution in [0.2, 0.25) is 0 Å². The normalized spacial score (nSPS) is 21.2. The summed E-state index contributed by atoms with van der Waals surface area (Å²) in [6.07, 6.45) is 2.73. The Labute approximate surface area is 130 Å². The van der Waals surface area contributed by atoms with E-state index in [-0.39, 0.29) is 36.0 Å². The third-order valence-electron chi connectivity index (χ3n) is 2.95. The number of rotatable bonds is 3. The Morgan fingerprint density at radius 1 is 1.32 bits per heavy atom. The second kappa shape index (κ2) is 9.34. The predicted molar refractivity (Wildman–Crippen MR) is 83.3 cm³/mol. The summed E-state index contributed by atoms with van der Waals surface area (Å²) in [4.78, 5) is 11.7. The van der Waals surface area contributed by atoms with Gasteiger partial charge in [-0.25, -0.2) is 0 Å². The van der Waals surface area contributed by atoms with Gasteiger partial charge in [-0.3, -0.25) is 17.7 Å². The van der Waals surface area contributed by atoms with Crippen LogP contribution in [-0.4, -0.2) is 30.8 Å². The summed E-state index contributed by atoms with van der Waals surface area (Å²) < 4.78 is 7.02. The van der Waals surface area contributed by atoms with Crippen LogP contribution in [0.15, 0.2) is 53.8 Å². The molecule has 98 valence electrons. The number of benzene rings is 1. The van der Waals surface area contributed by atoms with Gasteiger partial charge < -0.3 is 4.74 Å². The van der Waals surface area contributed by atoms with Gasteiger partial charge in [-0.05, 0) is 17.9 Å². The number of esters is 1. The third kappa shape index (κ3) is 5.13. The molecule has 2 nitrogen and oxygen atoms in total. The first kappa shape index (κ1) is 16.5. The topological polar surface area (TPSA) is 26.3 Å². The first-order valence-corrected chi connectivity index (χ1v) is 11.0. The maximum absolute atomic E-state index is 11.7. The molecule has 0 saturated carbocycles. The molecule has 0 spiro atoms. The van der Waals surface area contributed by atoms with Crippen LogP contribution in [0.25, 0.3) is 0 Å². The van der Waals surface area contributed by atoms with Gasteiger partial charge >= 0.3 is 24.2 Å². The molecule has 1 fully saturated rings. The largest absolute Gasteiger partial charge is 0.497 e. The van der Waals surface area contributed by atoms with Crippen molar-refractivity contribution in [1.29, 1.82) is 0 Å². The molecule has 0 radical (unpaired) electrons. The number of carbonyl (C=O) groups excluding carboxylic acids is 1. The third-order valence-corrected chi connectivity index (χ3v) is 4.54. The Morgan fingerprint density at radius 2 is 1.95 bits per heavy atom. The van der Waals surface area contributed by atoms with Crippen molar-refractivity contribution in [2.45, 2.75) is 12.3 Å². The van der Waals surface area contributed by atoms with Gasteiger partial charge in [0.1, 0.15) is 0 Å². The number of hydrogen-bond donors (Lipinski definition) is 0. The maximum Gasteiger partial charge on any atom is 0.497 e. The molecule has 1 heterocycles. The Balaban J connectivity index is 0.000000399. The maximum atomic E-state index is 11.7. The summed E-state index contributed by atoms with van der Waals surface area (Å²) in [5, 5.41) is 0. The van der Waals surface area contributed by atoms with Gasteiger partial charge in [-0.1, -0.05) is 36.4 Å². The lowest BCUT2D eigenvalue weighted by Gasteiger charge is -2.28. The van der Waals surface area contributed by atoms with Gasteiger partial charge in [0.05, 0.1) is 12.5 Å². The molecular weight excluding hydrogens is 316 g/mol. The molecule has 1 aliphatic heterocycles. The molecule has 1 aromatic carbocycles. The Kier molecular flexibility index (Phi) is 8.10. The number of carbonyl (C=O) groups is 1. The van der Waals surface area contributed by atoms with Crippen LogP contribution in [0.5, 0.6) is 0 Å². The van der Waals surface area contributed by atoms with Crippen molar-refractivity contribution in [3.8, 4) is 0 Å². The standard InChI is InChI=1S/C13H14O2.C2H3.BrH.Mg/c1-2-10-8-9-15-13(14)12(10)11-6-4-3-5-7-11;1-2;;/h2-7,10,12H,1,8-9H2;1H,2H2;1H;/q;;;+1/p-1. The van der Waals surface area contributed by atoms with E-state index in [2.05, 4.69) is 26.0 Å². The molecule has 19 heavy (non-hydrogen) atoms. The second-order valence-electron chi connectivity index (χ2n) is 4.19. The molecule has 2 atom stereocenters. The number of ether oxygens (including phenoxy) is 1. The summed E-state index contributed by atoms with van der Waals surface area (Å²) >= 11 is 3.27. The highest BCUT2D eigenvalue weighted by Crippen LogP contribution is 2.32. The molecule has 0 N–H and O–H groups in total. The quantitative estimate of drug-likeness (QED) is 0.479. The van der Waals surface area contributed by atoms with Crippen LogP contribution in [0.1, 0.15) is 17.9 Å². The molecule has 4 heteroatoms. The van der Waals surface area contributed by atoms with Crippen LogP contribution in [0.4, 0.5) is 0 Å². The average Bonchev–Trinajstić information content (AvgIpc) is 2.48. The van der Waals surface area contributed by atoms with Crippen molar-refractivity contribution in [3.63, 3.8) is 0 Å². The molecule has 2 rings (SSSR count). The minimum atomic E-state index is -0.169. The smallest absolute Gasteiger partial charge is 0.465 e.